The predicted octanol–water partition coefficient (Wildman–Crippen LogP) is 3.65. The van der Waals surface area contributed by atoms with E-state index in [2.05, 4.69) is 15.7 Å². The van der Waals surface area contributed by atoms with Gasteiger partial charge in [0, 0.05) is 11.8 Å². The average Bonchev–Trinajstić information content (AvgIpc) is 3.53. The largest absolute Gasteiger partial charge is 0.451 e. The maximum absolute atomic E-state index is 12.9. The van der Waals surface area contributed by atoms with Crippen LogP contribution in [0.1, 0.15) is 10.5 Å². The van der Waals surface area contributed by atoms with Crippen LogP contribution >= 0.6 is 11.3 Å². The van der Waals surface area contributed by atoms with Crippen molar-refractivity contribution < 1.29 is 23.5 Å². The summed E-state index contributed by atoms with van der Waals surface area (Å²) < 4.78 is 19.6. The van der Waals surface area contributed by atoms with Crippen LogP contribution in [0.2, 0.25) is 0 Å². The smallest absolute Gasteiger partial charge is 0.357 e. The van der Waals surface area contributed by atoms with Gasteiger partial charge in [0.05, 0.1) is 17.1 Å². The van der Waals surface area contributed by atoms with Crippen LogP contribution in [0.15, 0.2) is 78.2 Å². The molecule has 4 aromatic rings. The van der Waals surface area contributed by atoms with Crippen LogP contribution in [-0.2, 0) is 14.3 Å². The van der Waals surface area contributed by atoms with Gasteiger partial charge in [0.2, 0.25) is 5.91 Å². The SMILES string of the molecule is O=C(COC(=O)c1cc(-c2cccs2)nn1-c1ccccc1)NCC(=O)Nc1ccc(F)cc1. The van der Waals surface area contributed by atoms with Crippen LogP contribution in [0.4, 0.5) is 10.1 Å². The summed E-state index contributed by atoms with van der Waals surface area (Å²) in [7, 11) is 0. The number of halogens is 1. The van der Waals surface area contributed by atoms with Gasteiger partial charge >= 0.3 is 5.97 Å². The van der Waals surface area contributed by atoms with Crippen molar-refractivity contribution in [3.05, 3.63) is 89.7 Å². The molecule has 0 unspecified atom stereocenters. The number of benzene rings is 2. The van der Waals surface area contributed by atoms with Gasteiger partial charge in [-0.05, 0) is 47.8 Å². The number of ether oxygens (including phenoxy) is 1. The topological polar surface area (TPSA) is 102 Å². The number of thiophene rings is 1. The highest BCUT2D eigenvalue weighted by Crippen LogP contribution is 2.26. The minimum atomic E-state index is -0.731. The third-order valence-corrected chi connectivity index (χ3v) is 5.49. The molecule has 8 nitrogen and oxygen atoms in total. The number of hydrogen-bond acceptors (Lipinski definition) is 6. The lowest BCUT2D eigenvalue weighted by molar-refractivity contribution is -0.126. The summed E-state index contributed by atoms with van der Waals surface area (Å²) in [6, 6.07) is 19.7. The van der Waals surface area contributed by atoms with Crippen molar-refractivity contribution in [3.8, 4) is 16.3 Å². The Morgan fingerprint density at radius 2 is 1.74 bits per heavy atom. The van der Waals surface area contributed by atoms with E-state index >= 15 is 0 Å². The average molecular weight is 479 g/mol. The van der Waals surface area contributed by atoms with Gasteiger partial charge < -0.3 is 15.4 Å². The molecule has 0 aliphatic carbocycles. The molecule has 0 aliphatic heterocycles. The Balaban J connectivity index is 1.36. The van der Waals surface area contributed by atoms with Crippen LogP contribution in [0.3, 0.4) is 0 Å². The number of aromatic nitrogens is 2. The second kappa shape index (κ2) is 10.5. The molecule has 2 amide bonds. The molecular weight excluding hydrogens is 459 g/mol. The molecule has 0 aliphatic rings. The highest BCUT2D eigenvalue weighted by atomic mass is 32.1. The van der Waals surface area contributed by atoms with Crippen LogP contribution in [-0.4, -0.2) is 40.7 Å². The second-order valence-corrected chi connectivity index (χ2v) is 8.00. The van der Waals surface area contributed by atoms with E-state index < -0.39 is 30.2 Å². The zero-order valence-corrected chi connectivity index (χ0v) is 18.5. The predicted molar refractivity (Wildman–Crippen MR) is 125 cm³/mol. The first-order valence-corrected chi connectivity index (χ1v) is 11.1. The summed E-state index contributed by atoms with van der Waals surface area (Å²) in [4.78, 5) is 37.7. The molecule has 2 N–H and O–H groups in total. The van der Waals surface area contributed by atoms with E-state index in [0.29, 0.717) is 17.1 Å². The van der Waals surface area contributed by atoms with Gasteiger partial charge in [-0.2, -0.15) is 5.10 Å². The van der Waals surface area contributed by atoms with Crippen LogP contribution in [0.5, 0.6) is 0 Å². The minimum absolute atomic E-state index is 0.163. The highest BCUT2D eigenvalue weighted by Gasteiger charge is 2.20. The van der Waals surface area contributed by atoms with Gasteiger partial charge in [0.25, 0.3) is 5.91 Å². The number of anilines is 1. The Labute approximate surface area is 198 Å². The number of esters is 1. The minimum Gasteiger partial charge on any atom is -0.451 e. The Bertz CT molecular complexity index is 1290. The molecule has 2 heterocycles. The fourth-order valence-electron chi connectivity index (χ4n) is 3.01. The van der Waals surface area contributed by atoms with Crippen molar-refractivity contribution in [2.75, 3.05) is 18.5 Å². The first kappa shape index (κ1) is 22.9. The second-order valence-electron chi connectivity index (χ2n) is 7.05. The van der Waals surface area contributed by atoms with Crippen molar-refractivity contribution in [1.29, 1.82) is 0 Å². The van der Waals surface area contributed by atoms with E-state index in [-0.39, 0.29) is 12.2 Å². The summed E-state index contributed by atoms with van der Waals surface area (Å²) in [6.07, 6.45) is 0. The fraction of sp³-hybridized carbons (Fsp3) is 0.0833. The quantitative estimate of drug-likeness (QED) is 0.377. The fourth-order valence-corrected chi connectivity index (χ4v) is 3.69. The lowest BCUT2D eigenvalue weighted by Crippen LogP contribution is -2.35. The lowest BCUT2D eigenvalue weighted by atomic mass is 10.3. The van der Waals surface area contributed by atoms with Crippen molar-refractivity contribution in [2.45, 2.75) is 0 Å². The van der Waals surface area contributed by atoms with Gasteiger partial charge in [-0.25, -0.2) is 13.9 Å². The molecule has 0 fully saturated rings. The Kier molecular flexibility index (Phi) is 7.09. The molecule has 10 heteroatoms. The summed E-state index contributed by atoms with van der Waals surface area (Å²) in [5.41, 5.74) is 1.83. The Hall–Kier alpha value is -4.31. The molecule has 2 aromatic carbocycles. The molecule has 0 radical (unpaired) electrons. The van der Waals surface area contributed by atoms with Crippen molar-refractivity contribution in [1.82, 2.24) is 15.1 Å². The monoisotopic (exact) mass is 478 g/mol. The molecule has 0 saturated carbocycles. The molecule has 0 saturated heterocycles. The molecular formula is C24H19FN4O4S. The van der Waals surface area contributed by atoms with Gasteiger partial charge in [-0.1, -0.05) is 24.3 Å². The van der Waals surface area contributed by atoms with Gasteiger partial charge in [0.1, 0.15) is 11.5 Å². The number of amides is 2. The van der Waals surface area contributed by atoms with Crippen LogP contribution in [0, 0.1) is 5.82 Å². The highest BCUT2D eigenvalue weighted by molar-refractivity contribution is 7.13. The summed E-state index contributed by atoms with van der Waals surface area (Å²) in [5.74, 6) is -2.31. The number of nitrogens with zero attached hydrogens (tertiary/aromatic N) is 2. The molecule has 0 spiro atoms. The normalized spacial score (nSPS) is 10.5. The zero-order chi connectivity index (χ0) is 23.9. The first-order valence-electron chi connectivity index (χ1n) is 10.2. The van der Waals surface area contributed by atoms with Gasteiger partial charge in [-0.3, -0.25) is 9.59 Å². The van der Waals surface area contributed by atoms with E-state index in [0.717, 1.165) is 4.88 Å². The van der Waals surface area contributed by atoms with Gasteiger partial charge in [0.15, 0.2) is 12.3 Å². The number of carbonyl (C=O) groups excluding carboxylic acids is 3. The standard InChI is InChI=1S/C24H19FN4O4S/c25-16-8-10-17(11-9-16)27-22(30)14-26-23(31)15-33-24(32)20-13-19(21-7-4-12-34-21)28-29(20)18-5-2-1-3-6-18/h1-13H,14-15H2,(H,26,31)(H,27,30). The molecule has 34 heavy (non-hydrogen) atoms. The van der Waals surface area contributed by atoms with E-state index in [9.17, 15) is 18.8 Å². The van der Waals surface area contributed by atoms with Crippen molar-refractivity contribution >= 4 is 34.8 Å². The van der Waals surface area contributed by atoms with E-state index in [1.807, 2.05) is 35.7 Å². The maximum Gasteiger partial charge on any atom is 0.357 e. The molecule has 2 aromatic heterocycles. The number of rotatable bonds is 8. The third kappa shape index (κ3) is 5.73. The summed E-state index contributed by atoms with van der Waals surface area (Å²) >= 11 is 1.49. The Morgan fingerprint density at radius 3 is 2.44 bits per heavy atom. The molecule has 0 bridgehead atoms. The third-order valence-electron chi connectivity index (χ3n) is 4.60. The molecule has 4 rings (SSSR count). The number of nitrogens with one attached hydrogen (secondary N) is 2. The van der Waals surface area contributed by atoms with E-state index in [1.54, 1.807) is 18.2 Å². The summed E-state index contributed by atoms with van der Waals surface area (Å²) in [6.45, 7) is -0.908. The van der Waals surface area contributed by atoms with Crippen molar-refractivity contribution in [3.63, 3.8) is 0 Å². The van der Waals surface area contributed by atoms with E-state index in [1.165, 1.54) is 40.3 Å². The summed E-state index contributed by atoms with van der Waals surface area (Å²) in [5, 5.41) is 11.3. The molecule has 0 atom stereocenters. The number of hydrogen-bond donors (Lipinski definition) is 2. The van der Waals surface area contributed by atoms with Gasteiger partial charge in [-0.15, -0.1) is 11.3 Å². The lowest BCUT2D eigenvalue weighted by Gasteiger charge is -2.09. The van der Waals surface area contributed by atoms with Crippen LogP contribution in [0.25, 0.3) is 16.3 Å². The number of carbonyl (C=O) groups is 3. The maximum atomic E-state index is 12.9. The number of para-hydroxylation sites is 1. The molecule has 172 valence electrons. The van der Waals surface area contributed by atoms with Crippen LogP contribution < -0.4 is 10.6 Å². The first-order chi connectivity index (χ1) is 16.5. The van der Waals surface area contributed by atoms with E-state index in [4.69, 9.17) is 4.74 Å². The van der Waals surface area contributed by atoms with Crippen molar-refractivity contribution in [2.24, 2.45) is 0 Å². The zero-order valence-electron chi connectivity index (χ0n) is 17.7. The Morgan fingerprint density at radius 1 is 0.971 bits per heavy atom.